The molecule has 1 aromatic heterocycles. The fourth-order valence-corrected chi connectivity index (χ4v) is 2.02. The smallest absolute Gasteiger partial charge is 0.259 e. The van der Waals surface area contributed by atoms with E-state index in [1.807, 2.05) is 6.92 Å². The SMILES string of the molecule is CCc1occc1C(=O)Nc1cc(C#CCN)ccc1Cl. The van der Waals surface area contributed by atoms with E-state index in [1.54, 1.807) is 24.3 Å². The van der Waals surface area contributed by atoms with Crippen LogP contribution < -0.4 is 11.1 Å². The number of hydrogen-bond acceptors (Lipinski definition) is 3. The van der Waals surface area contributed by atoms with Gasteiger partial charge in [-0.2, -0.15) is 0 Å². The van der Waals surface area contributed by atoms with Crippen molar-refractivity contribution in [1.29, 1.82) is 0 Å². The number of nitrogens with two attached hydrogens (primary N) is 1. The number of amides is 1. The second-order valence-corrected chi connectivity index (χ2v) is 4.67. The Labute approximate surface area is 128 Å². The Morgan fingerprint density at radius 1 is 1.43 bits per heavy atom. The summed E-state index contributed by atoms with van der Waals surface area (Å²) in [6.45, 7) is 2.20. The van der Waals surface area contributed by atoms with Gasteiger partial charge in [0, 0.05) is 12.0 Å². The molecule has 0 bridgehead atoms. The molecule has 0 unspecified atom stereocenters. The van der Waals surface area contributed by atoms with Crippen LogP contribution in [0, 0.1) is 11.8 Å². The number of rotatable bonds is 3. The van der Waals surface area contributed by atoms with Crippen molar-refractivity contribution in [2.75, 3.05) is 11.9 Å². The fraction of sp³-hybridized carbons (Fsp3) is 0.188. The van der Waals surface area contributed by atoms with Gasteiger partial charge in [0.15, 0.2) is 0 Å². The predicted octanol–water partition coefficient (Wildman–Crippen LogP) is 3.06. The van der Waals surface area contributed by atoms with Crippen molar-refractivity contribution < 1.29 is 9.21 Å². The third-order valence-electron chi connectivity index (χ3n) is 2.86. The van der Waals surface area contributed by atoms with E-state index < -0.39 is 0 Å². The van der Waals surface area contributed by atoms with Crippen LogP contribution in [-0.2, 0) is 6.42 Å². The number of benzene rings is 1. The minimum atomic E-state index is -0.258. The number of nitrogens with one attached hydrogen (secondary N) is 1. The highest BCUT2D eigenvalue weighted by atomic mass is 35.5. The molecule has 0 spiro atoms. The molecule has 0 saturated heterocycles. The molecule has 0 aliphatic rings. The standard InChI is InChI=1S/C16H15ClN2O2/c1-2-15-12(7-9-21-15)16(20)19-14-10-11(4-3-8-18)5-6-13(14)17/h5-7,9-10H,2,8,18H2,1H3,(H,19,20). The van der Waals surface area contributed by atoms with Crippen molar-refractivity contribution in [3.63, 3.8) is 0 Å². The van der Waals surface area contributed by atoms with Gasteiger partial charge >= 0.3 is 0 Å². The number of carbonyl (C=O) groups is 1. The number of carbonyl (C=O) groups excluding carboxylic acids is 1. The first-order valence-corrected chi connectivity index (χ1v) is 6.89. The van der Waals surface area contributed by atoms with Gasteiger partial charge in [-0.25, -0.2) is 0 Å². The molecule has 0 aliphatic heterocycles. The third kappa shape index (κ3) is 3.66. The highest BCUT2D eigenvalue weighted by Crippen LogP contribution is 2.24. The lowest BCUT2D eigenvalue weighted by molar-refractivity contribution is 0.102. The molecular weight excluding hydrogens is 288 g/mol. The Bertz CT molecular complexity index is 711. The molecule has 1 heterocycles. The maximum atomic E-state index is 12.2. The van der Waals surface area contributed by atoms with Crippen LogP contribution >= 0.6 is 11.6 Å². The van der Waals surface area contributed by atoms with Crippen LogP contribution in [0.3, 0.4) is 0 Å². The average molecular weight is 303 g/mol. The molecule has 0 radical (unpaired) electrons. The van der Waals surface area contributed by atoms with Crippen LogP contribution in [0.4, 0.5) is 5.69 Å². The van der Waals surface area contributed by atoms with Crippen LogP contribution in [0.1, 0.15) is 28.6 Å². The van der Waals surface area contributed by atoms with Gasteiger partial charge in [-0.3, -0.25) is 4.79 Å². The van der Waals surface area contributed by atoms with Crippen molar-refractivity contribution >= 4 is 23.2 Å². The van der Waals surface area contributed by atoms with Gasteiger partial charge in [-0.1, -0.05) is 30.4 Å². The minimum Gasteiger partial charge on any atom is -0.469 e. The van der Waals surface area contributed by atoms with E-state index in [-0.39, 0.29) is 12.5 Å². The summed E-state index contributed by atoms with van der Waals surface area (Å²) >= 11 is 6.10. The summed E-state index contributed by atoms with van der Waals surface area (Å²) in [7, 11) is 0. The molecule has 0 aliphatic carbocycles. The normalized spacial score (nSPS) is 9.86. The van der Waals surface area contributed by atoms with Crippen molar-refractivity contribution in [3.8, 4) is 11.8 Å². The van der Waals surface area contributed by atoms with E-state index >= 15 is 0 Å². The van der Waals surface area contributed by atoms with E-state index in [0.29, 0.717) is 28.5 Å². The maximum absolute atomic E-state index is 12.2. The molecule has 2 aromatic rings. The Kier molecular flexibility index (Phi) is 5.04. The molecule has 4 nitrogen and oxygen atoms in total. The van der Waals surface area contributed by atoms with Crippen LogP contribution in [0.2, 0.25) is 5.02 Å². The molecule has 0 fully saturated rings. The Morgan fingerprint density at radius 2 is 2.24 bits per heavy atom. The lowest BCUT2D eigenvalue weighted by Gasteiger charge is -2.07. The topological polar surface area (TPSA) is 68.3 Å². The summed E-state index contributed by atoms with van der Waals surface area (Å²) in [4.78, 5) is 12.2. The van der Waals surface area contributed by atoms with Gasteiger partial charge in [0.05, 0.1) is 29.1 Å². The predicted molar refractivity (Wildman–Crippen MR) is 83.4 cm³/mol. The lowest BCUT2D eigenvalue weighted by Crippen LogP contribution is -2.13. The van der Waals surface area contributed by atoms with Crippen molar-refractivity contribution in [2.24, 2.45) is 5.73 Å². The number of aryl methyl sites for hydroxylation is 1. The molecule has 21 heavy (non-hydrogen) atoms. The van der Waals surface area contributed by atoms with Gasteiger partial charge in [0.1, 0.15) is 5.76 Å². The first-order valence-electron chi connectivity index (χ1n) is 6.52. The average Bonchev–Trinajstić information content (AvgIpc) is 2.96. The monoisotopic (exact) mass is 302 g/mol. The zero-order chi connectivity index (χ0) is 15.2. The number of hydrogen-bond donors (Lipinski definition) is 2. The van der Waals surface area contributed by atoms with E-state index in [4.69, 9.17) is 21.8 Å². The fourth-order valence-electron chi connectivity index (χ4n) is 1.86. The van der Waals surface area contributed by atoms with E-state index in [9.17, 15) is 4.79 Å². The lowest BCUT2D eigenvalue weighted by atomic mass is 10.1. The summed E-state index contributed by atoms with van der Waals surface area (Å²) in [5.41, 5.74) is 7.09. The van der Waals surface area contributed by atoms with Gasteiger partial charge < -0.3 is 15.5 Å². The highest BCUT2D eigenvalue weighted by Gasteiger charge is 2.14. The summed E-state index contributed by atoms with van der Waals surface area (Å²) in [6.07, 6.45) is 2.14. The molecule has 3 N–H and O–H groups in total. The maximum Gasteiger partial charge on any atom is 0.259 e. The molecule has 5 heteroatoms. The largest absolute Gasteiger partial charge is 0.469 e. The van der Waals surface area contributed by atoms with Gasteiger partial charge in [-0.15, -0.1) is 0 Å². The highest BCUT2D eigenvalue weighted by molar-refractivity contribution is 6.34. The molecule has 0 atom stereocenters. The summed E-state index contributed by atoms with van der Waals surface area (Å²) in [5, 5.41) is 3.22. The second kappa shape index (κ2) is 6.98. The van der Waals surface area contributed by atoms with Crippen LogP contribution in [-0.4, -0.2) is 12.5 Å². The number of anilines is 1. The Balaban J connectivity index is 2.24. The quantitative estimate of drug-likeness (QED) is 0.856. The molecule has 2 rings (SSSR count). The van der Waals surface area contributed by atoms with Crippen LogP contribution in [0.15, 0.2) is 34.9 Å². The molecule has 108 valence electrons. The van der Waals surface area contributed by atoms with E-state index in [0.717, 1.165) is 5.56 Å². The van der Waals surface area contributed by atoms with Crippen LogP contribution in [0.5, 0.6) is 0 Å². The number of furan rings is 1. The molecule has 0 saturated carbocycles. The second-order valence-electron chi connectivity index (χ2n) is 4.27. The first-order chi connectivity index (χ1) is 10.2. The first kappa shape index (κ1) is 15.2. The van der Waals surface area contributed by atoms with E-state index in [2.05, 4.69) is 17.2 Å². The summed E-state index contributed by atoms with van der Waals surface area (Å²) in [6, 6.07) is 6.82. The third-order valence-corrected chi connectivity index (χ3v) is 3.19. The van der Waals surface area contributed by atoms with Gasteiger partial charge in [0.25, 0.3) is 5.91 Å². The molecular formula is C16H15ClN2O2. The minimum absolute atomic E-state index is 0.258. The van der Waals surface area contributed by atoms with E-state index in [1.165, 1.54) is 6.26 Å². The zero-order valence-corrected chi connectivity index (χ0v) is 12.3. The Hall–Kier alpha value is -2.22. The van der Waals surface area contributed by atoms with Crippen molar-refractivity contribution in [1.82, 2.24) is 0 Å². The zero-order valence-electron chi connectivity index (χ0n) is 11.6. The van der Waals surface area contributed by atoms with Gasteiger partial charge in [0.2, 0.25) is 0 Å². The molecule has 1 aromatic carbocycles. The number of halogens is 1. The molecule has 1 amide bonds. The summed E-state index contributed by atoms with van der Waals surface area (Å²) < 4.78 is 5.25. The van der Waals surface area contributed by atoms with Gasteiger partial charge in [-0.05, 0) is 24.3 Å². The Morgan fingerprint density at radius 3 is 2.95 bits per heavy atom. The van der Waals surface area contributed by atoms with Crippen molar-refractivity contribution in [3.05, 3.63) is 52.4 Å². The summed E-state index contributed by atoms with van der Waals surface area (Å²) in [5.74, 6) is 6.04. The van der Waals surface area contributed by atoms with Crippen molar-refractivity contribution in [2.45, 2.75) is 13.3 Å². The van der Waals surface area contributed by atoms with Crippen LogP contribution in [0.25, 0.3) is 0 Å².